The second kappa shape index (κ2) is 6.94. The van der Waals surface area contributed by atoms with Crippen LogP contribution in [-0.2, 0) is 11.3 Å². The van der Waals surface area contributed by atoms with Crippen LogP contribution in [-0.4, -0.2) is 57.1 Å². The number of rotatable bonds is 5. The van der Waals surface area contributed by atoms with Crippen molar-refractivity contribution in [2.75, 3.05) is 31.6 Å². The molecule has 4 rings (SSSR count). The molecule has 0 radical (unpaired) electrons. The Morgan fingerprint density at radius 3 is 3.00 bits per heavy atom. The number of nitrogens with one attached hydrogen (secondary N) is 1. The highest BCUT2D eigenvalue weighted by Crippen LogP contribution is 2.11. The first-order chi connectivity index (χ1) is 11.9. The van der Waals surface area contributed by atoms with Crippen molar-refractivity contribution in [1.29, 1.82) is 0 Å². The molecule has 0 bridgehead atoms. The van der Waals surface area contributed by atoms with Crippen LogP contribution in [0.1, 0.15) is 5.56 Å². The Morgan fingerprint density at radius 2 is 2.08 bits per heavy atom. The first kappa shape index (κ1) is 15.0. The summed E-state index contributed by atoms with van der Waals surface area (Å²) in [5.74, 6) is 0.797. The summed E-state index contributed by atoms with van der Waals surface area (Å²) in [5, 5.41) is 15.5. The average Bonchev–Trinajstić information content (AvgIpc) is 3.09. The summed E-state index contributed by atoms with van der Waals surface area (Å²) >= 11 is 0. The number of fused-ring (bicyclic) bond motifs is 1. The van der Waals surface area contributed by atoms with Crippen molar-refractivity contribution >= 4 is 11.5 Å². The van der Waals surface area contributed by atoms with Gasteiger partial charge in [0.05, 0.1) is 12.7 Å². The number of morpholine rings is 1. The molecule has 124 valence electrons. The summed E-state index contributed by atoms with van der Waals surface area (Å²) in [4.78, 5) is 2.43. The molecule has 0 saturated carbocycles. The van der Waals surface area contributed by atoms with Gasteiger partial charge >= 0.3 is 0 Å². The van der Waals surface area contributed by atoms with Gasteiger partial charge in [-0.1, -0.05) is 30.3 Å². The van der Waals surface area contributed by atoms with Crippen LogP contribution in [0.5, 0.6) is 0 Å². The zero-order chi connectivity index (χ0) is 16.2. The van der Waals surface area contributed by atoms with Crippen molar-refractivity contribution in [3.63, 3.8) is 0 Å². The van der Waals surface area contributed by atoms with Gasteiger partial charge in [0.25, 0.3) is 0 Å². The molecular formula is C17H20N6O. The van der Waals surface area contributed by atoms with Gasteiger partial charge in [0.15, 0.2) is 5.65 Å². The van der Waals surface area contributed by atoms with Gasteiger partial charge in [-0.3, -0.25) is 4.90 Å². The fraction of sp³-hybridized carbons (Fsp3) is 0.353. The maximum absolute atomic E-state index is 5.88. The van der Waals surface area contributed by atoms with Gasteiger partial charge in [-0.15, -0.1) is 15.3 Å². The molecule has 2 aromatic heterocycles. The molecule has 0 aliphatic carbocycles. The third-order valence-electron chi connectivity index (χ3n) is 4.14. The largest absolute Gasteiger partial charge is 0.374 e. The lowest BCUT2D eigenvalue weighted by molar-refractivity contribution is -0.0240. The van der Waals surface area contributed by atoms with E-state index in [-0.39, 0.29) is 6.10 Å². The van der Waals surface area contributed by atoms with E-state index in [1.165, 1.54) is 5.56 Å². The molecule has 1 atom stereocenters. The van der Waals surface area contributed by atoms with Crippen molar-refractivity contribution in [3.8, 4) is 0 Å². The maximum Gasteiger partial charge on any atom is 0.177 e. The molecule has 7 heteroatoms. The van der Waals surface area contributed by atoms with E-state index < -0.39 is 0 Å². The molecular weight excluding hydrogens is 304 g/mol. The smallest absolute Gasteiger partial charge is 0.177 e. The summed E-state index contributed by atoms with van der Waals surface area (Å²) in [7, 11) is 0. The lowest BCUT2D eigenvalue weighted by atomic mass is 10.2. The lowest BCUT2D eigenvalue weighted by Crippen LogP contribution is -2.44. The topological polar surface area (TPSA) is 67.6 Å². The Kier molecular flexibility index (Phi) is 4.35. The number of aromatic nitrogens is 4. The van der Waals surface area contributed by atoms with Crippen LogP contribution < -0.4 is 5.32 Å². The Balaban J connectivity index is 1.32. The highest BCUT2D eigenvalue weighted by Gasteiger charge is 2.20. The van der Waals surface area contributed by atoms with Crippen LogP contribution in [0.2, 0.25) is 0 Å². The number of ether oxygens (including phenoxy) is 1. The van der Waals surface area contributed by atoms with Crippen LogP contribution in [0.4, 0.5) is 5.82 Å². The third kappa shape index (κ3) is 3.52. The predicted molar refractivity (Wildman–Crippen MR) is 90.7 cm³/mol. The van der Waals surface area contributed by atoms with E-state index in [4.69, 9.17) is 4.74 Å². The van der Waals surface area contributed by atoms with E-state index in [9.17, 15) is 0 Å². The molecule has 1 N–H and O–H groups in total. The summed E-state index contributed by atoms with van der Waals surface area (Å²) in [6.07, 6.45) is 1.75. The van der Waals surface area contributed by atoms with E-state index in [0.29, 0.717) is 0 Å². The summed E-state index contributed by atoms with van der Waals surface area (Å²) in [6.45, 7) is 4.34. The van der Waals surface area contributed by atoms with Crippen molar-refractivity contribution < 1.29 is 4.74 Å². The molecule has 1 aliphatic heterocycles. The SMILES string of the molecule is c1ccc(CN2CCO[C@@H](CNc3ccc4nncn4n3)C2)cc1. The lowest BCUT2D eigenvalue weighted by Gasteiger charge is -2.33. The molecule has 1 saturated heterocycles. The van der Waals surface area contributed by atoms with Crippen LogP contribution in [0.25, 0.3) is 5.65 Å². The minimum absolute atomic E-state index is 0.154. The quantitative estimate of drug-likeness (QED) is 0.766. The molecule has 0 unspecified atom stereocenters. The van der Waals surface area contributed by atoms with E-state index in [0.717, 1.165) is 44.3 Å². The summed E-state index contributed by atoms with van der Waals surface area (Å²) < 4.78 is 7.54. The standard InChI is InChI=1S/C17H20N6O/c1-2-4-14(5-3-1)11-22-8-9-24-15(12-22)10-18-16-6-7-17-20-19-13-23(17)21-16/h1-7,13,15H,8-12H2,(H,18,21)/t15-/m0/s1. The summed E-state index contributed by atoms with van der Waals surface area (Å²) in [6, 6.07) is 14.4. The zero-order valence-electron chi connectivity index (χ0n) is 13.4. The zero-order valence-corrected chi connectivity index (χ0v) is 13.4. The van der Waals surface area contributed by atoms with E-state index in [1.54, 1.807) is 10.8 Å². The number of benzene rings is 1. The first-order valence-corrected chi connectivity index (χ1v) is 8.16. The number of hydrogen-bond donors (Lipinski definition) is 1. The van der Waals surface area contributed by atoms with Crippen LogP contribution in [0, 0.1) is 0 Å². The van der Waals surface area contributed by atoms with Crippen LogP contribution in [0.15, 0.2) is 48.8 Å². The molecule has 1 aromatic carbocycles. The highest BCUT2D eigenvalue weighted by atomic mass is 16.5. The first-order valence-electron chi connectivity index (χ1n) is 8.16. The number of hydrogen-bond acceptors (Lipinski definition) is 6. The molecule has 3 heterocycles. The Hall–Kier alpha value is -2.51. The monoisotopic (exact) mass is 324 g/mol. The Bertz CT molecular complexity index is 790. The highest BCUT2D eigenvalue weighted by molar-refractivity contribution is 5.42. The van der Waals surface area contributed by atoms with Gasteiger partial charge < -0.3 is 10.1 Å². The predicted octanol–water partition coefficient (Wildman–Crippen LogP) is 1.44. The molecule has 7 nitrogen and oxygen atoms in total. The minimum Gasteiger partial charge on any atom is -0.374 e. The van der Waals surface area contributed by atoms with E-state index >= 15 is 0 Å². The van der Waals surface area contributed by atoms with Crippen molar-refractivity contribution in [1.82, 2.24) is 24.7 Å². The third-order valence-corrected chi connectivity index (χ3v) is 4.14. The van der Waals surface area contributed by atoms with Gasteiger partial charge in [0.2, 0.25) is 0 Å². The molecule has 0 spiro atoms. The van der Waals surface area contributed by atoms with Crippen LogP contribution in [0.3, 0.4) is 0 Å². The van der Waals surface area contributed by atoms with Gasteiger partial charge in [0, 0.05) is 26.2 Å². The van der Waals surface area contributed by atoms with E-state index in [2.05, 4.69) is 55.8 Å². The molecule has 3 aromatic rings. The van der Waals surface area contributed by atoms with Gasteiger partial charge in [-0.05, 0) is 17.7 Å². The molecule has 1 aliphatic rings. The Labute approximate surface area is 140 Å². The fourth-order valence-corrected chi connectivity index (χ4v) is 2.93. The Morgan fingerprint density at radius 1 is 1.17 bits per heavy atom. The van der Waals surface area contributed by atoms with Crippen molar-refractivity contribution in [2.24, 2.45) is 0 Å². The van der Waals surface area contributed by atoms with Gasteiger partial charge in [-0.25, -0.2) is 0 Å². The second-order valence-electron chi connectivity index (χ2n) is 5.95. The molecule has 0 amide bonds. The average molecular weight is 324 g/mol. The van der Waals surface area contributed by atoms with Crippen LogP contribution >= 0.6 is 0 Å². The number of anilines is 1. The minimum atomic E-state index is 0.154. The molecule has 24 heavy (non-hydrogen) atoms. The van der Waals surface area contributed by atoms with Crippen molar-refractivity contribution in [2.45, 2.75) is 12.6 Å². The second-order valence-corrected chi connectivity index (χ2v) is 5.95. The fourth-order valence-electron chi connectivity index (χ4n) is 2.93. The van der Waals surface area contributed by atoms with E-state index in [1.807, 2.05) is 12.1 Å². The maximum atomic E-state index is 5.88. The normalized spacial score (nSPS) is 18.8. The van der Waals surface area contributed by atoms with Gasteiger partial charge in [-0.2, -0.15) is 4.52 Å². The molecule has 1 fully saturated rings. The van der Waals surface area contributed by atoms with Gasteiger partial charge in [0.1, 0.15) is 12.1 Å². The number of nitrogens with zero attached hydrogens (tertiary/aromatic N) is 5. The summed E-state index contributed by atoms with van der Waals surface area (Å²) in [5.41, 5.74) is 2.08. The van der Waals surface area contributed by atoms with Crippen molar-refractivity contribution in [3.05, 3.63) is 54.4 Å².